The van der Waals surface area contributed by atoms with Crippen LogP contribution >= 0.6 is 0 Å². The maximum absolute atomic E-state index is 13.2. The number of carbonyl (C=O) groups is 1. The highest BCUT2D eigenvalue weighted by Gasteiger charge is 2.39. The first-order valence-electron chi connectivity index (χ1n) is 8.84. The molecule has 0 aromatic heterocycles. The summed E-state index contributed by atoms with van der Waals surface area (Å²) in [5.74, 6) is 1.07. The van der Waals surface area contributed by atoms with Crippen molar-refractivity contribution in [2.75, 3.05) is 14.2 Å². The van der Waals surface area contributed by atoms with Gasteiger partial charge in [-0.3, -0.25) is 4.79 Å². The van der Waals surface area contributed by atoms with E-state index in [4.69, 9.17) is 9.47 Å². The predicted octanol–water partition coefficient (Wildman–Crippen LogP) is 3.97. The fourth-order valence-electron chi connectivity index (χ4n) is 3.41. The molecule has 0 radical (unpaired) electrons. The van der Waals surface area contributed by atoms with Crippen molar-refractivity contribution in [3.8, 4) is 11.5 Å². The number of halogens is 1. The Bertz CT molecular complexity index is 769. The molecule has 0 heterocycles. The molecule has 0 aliphatic heterocycles. The largest absolute Gasteiger partial charge is 0.493 e. The van der Waals surface area contributed by atoms with Crippen molar-refractivity contribution in [2.45, 2.75) is 37.6 Å². The third-order valence-electron chi connectivity index (χ3n) is 5.07. The van der Waals surface area contributed by atoms with Crippen molar-refractivity contribution in [2.24, 2.45) is 0 Å². The van der Waals surface area contributed by atoms with E-state index in [0.29, 0.717) is 24.3 Å². The van der Waals surface area contributed by atoms with Crippen molar-refractivity contribution in [1.29, 1.82) is 0 Å². The minimum absolute atomic E-state index is 0.00353. The fraction of sp³-hybridized carbons (Fsp3) is 0.381. The van der Waals surface area contributed by atoms with Crippen LogP contribution < -0.4 is 14.8 Å². The number of hydrogen-bond donors (Lipinski definition) is 1. The van der Waals surface area contributed by atoms with Gasteiger partial charge >= 0.3 is 0 Å². The molecule has 1 saturated carbocycles. The van der Waals surface area contributed by atoms with E-state index in [-0.39, 0.29) is 17.3 Å². The van der Waals surface area contributed by atoms with E-state index in [9.17, 15) is 9.18 Å². The molecule has 0 saturated heterocycles. The van der Waals surface area contributed by atoms with Gasteiger partial charge in [-0.05, 0) is 61.1 Å². The molecule has 0 unspecified atom stereocenters. The zero-order valence-corrected chi connectivity index (χ0v) is 15.2. The topological polar surface area (TPSA) is 47.6 Å². The van der Waals surface area contributed by atoms with Crippen molar-refractivity contribution < 1.29 is 18.7 Å². The van der Waals surface area contributed by atoms with Gasteiger partial charge in [0.2, 0.25) is 5.91 Å². The highest BCUT2D eigenvalue weighted by molar-refractivity contribution is 5.77. The molecule has 5 heteroatoms. The molecule has 0 spiro atoms. The Morgan fingerprint density at radius 2 is 1.77 bits per heavy atom. The van der Waals surface area contributed by atoms with Gasteiger partial charge in [-0.25, -0.2) is 4.39 Å². The van der Waals surface area contributed by atoms with Crippen LogP contribution in [0.2, 0.25) is 0 Å². The Labute approximate surface area is 153 Å². The summed E-state index contributed by atoms with van der Waals surface area (Å²) < 4.78 is 23.7. The van der Waals surface area contributed by atoms with Crippen LogP contribution in [0.15, 0.2) is 42.5 Å². The van der Waals surface area contributed by atoms with Gasteiger partial charge in [0, 0.05) is 6.42 Å². The second kappa shape index (κ2) is 7.77. The summed E-state index contributed by atoms with van der Waals surface area (Å²) >= 11 is 0. The van der Waals surface area contributed by atoms with Crippen molar-refractivity contribution >= 4 is 5.91 Å². The van der Waals surface area contributed by atoms with Crippen LogP contribution in [-0.2, 0) is 16.8 Å². The van der Waals surface area contributed by atoms with Gasteiger partial charge in [-0.1, -0.05) is 18.2 Å². The Balaban J connectivity index is 1.62. The van der Waals surface area contributed by atoms with Crippen molar-refractivity contribution in [1.82, 2.24) is 5.32 Å². The molecule has 1 aliphatic rings. The smallest absolute Gasteiger partial charge is 0.221 e. The Hall–Kier alpha value is -2.56. The van der Waals surface area contributed by atoms with E-state index in [1.807, 2.05) is 18.2 Å². The number of hydrogen-bond acceptors (Lipinski definition) is 3. The minimum Gasteiger partial charge on any atom is -0.493 e. The van der Waals surface area contributed by atoms with Crippen LogP contribution in [0.4, 0.5) is 4.39 Å². The lowest BCUT2D eigenvalue weighted by molar-refractivity contribution is -0.124. The molecule has 4 nitrogen and oxygen atoms in total. The highest BCUT2D eigenvalue weighted by atomic mass is 19.1. The van der Waals surface area contributed by atoms with E-state index in [0.717, 1.165) is 30.4 Å². The first kappa shape index (κ1) is 18.2. The quantitative estimate of drug-likeness (QED) is 0.816. The number of benzene rings is 2. The van der Waals surface area contributed by atoms with E-state index in [1.165, 1.54) is 12.1 Å². The van der Waals surface area contributed by atoms with Crippen LogP contribution in [0, 0.1) is 5.82 Å². The summed E-state index contributed by atoms with van der Waals surface area (Å²) in [4.78, 5) is 12.5. The van der Waals surface area contributed by atoms with Gasteiger partial charge in [0.05, 0.1) is 19.8 Å². The van der Waals surface area contributed by atoms with Gasteiger partial charge in [-0.2, -0.15) is 0 Å². The zero-order chi connectivity index (χ0) is 18.6. The predicted molar refractivity (Wildman–Crippen MR) is 97.9 cm³/mol. The lowest BCUT2D eigenvalue weighted by Gasteiger charge is -2.43. The van der Waals surface area contributed by atoms with Gasteiger partial charge in [0.25, 0.3) is 0 Å². The molecular formula is C21H24FNO3. The average Bonchev–Trinajstić information content (AvgIpc) is 2.63. The second-order valence-electron chi connectivity index (χ2n) is 6.68. The molecule has 1 amide bonds. The standard InChI is InChI=1S/C21H24FNO3/c1-25-18-10-4-15(14-19(18)26-2)5-11-20(24)23-21(12-3-13-21)16-6-8-17(22)9-7-16/h4,6-10,14H,3,5,11-13H2,1-2H3,(H,23,24). The van der Waals surface area contributed by atoms with Gasteiger partial charge in [0.15, 0.2) is 11.5 Å². The van der Waals surface area contributed by atoms with Gasteiger partial charge in [0.1, 0.15) is 5.82 Å². The number of carbonyl (C=O) groups excluding carboxylic acids is 1. The third kappa shape index (κ3) is 3.82. The molecule has 0 atom stereocenters. The molecular weight excluding hydrogens is 333 g/mol. The summed E-state index contributed by atoms with van der Waals surface area (Å²) in [5.41, 5.74) is 1.65. The highest BCUT2D eigenvalue weighted by Crippen LogP contribution is 2.41. The average molecular weight is 357 g/mol. The lowest BCUT2D eigenvalue weighted by Crippen LogP contribution is -2.50. The maximum Gasteiger partial charge on any atom is 0.221 e. The van der Waals surface area contributed by atoms with Crippen LogP contribution in [0.1, 0.15) is 36.8 Å². The summed E-state index contributed by atoms with van der Waals surface area (Å²) in [5, 5.41) is 3.17. The molecule has 1 aliphatic carbocycles. The molecule has 2 aromatic rings. The van der Waals surface area contributed by atoms with Crippen LogP contribution in [0.25, 0.3) is 0 Å². The summed E-state index contributed by atoms with van der Waals surface area (Å²) in [6.07, 6.45) is 3.85. The number of ether oxygens (including phenoxy) is 2. The Kier molecular flexibility index (Phi) is 5.45. The van der Waals surface area contributed by atoms with Crippen LogP contribution in [0.3, 0.4) is 0 Å². The van der Waals surface area contributed by atoms with E-state index >= 15 is 0 Å². The lowest BCUT2D eigenvalue weighted by atomic mass is 9.71. The number of methoxy groups -OCH3 is 2. The minimum atomic E-state index is -0.345. The molecule has 1 N–H and O–H groups in total. The second-order valence-corrected chi connectivity index (χ2v) is 6.68. The fourth-order valence-corrected chi connectivity index (χ4v) is 3.41. The monoisotopic (exact) mass is 357 g/mol. The zero-order valence-electron chi connectivity index (χ0n) is 15.2. The summed E-state index contributed by atoms with van der Waals surface area (Å²) in [7, 11) is 3.19. The van der Waals surface area contributed by atoms with Crippen LogP contribution in [0.5, 0.6) is 11.5 Å². The molecule has 26 heavy (non-hydrogen) atoms. The maximum atomic E-state index is 13.2. The summed E-state index contributed by atoms with van der Waals surface area (Å²) in [6, 6.07) is 12.1. The number of aryl methyl sites for hydroxylation is 1. The van der Waals surface area contributed by atoms with Gasteiger partial charge in [-0.15, -0.1) is 0 Å². The Morgan fingerprint density at radius 1 is 1.08 bits per heavy atom. The van der Waals surface area contributed by atoms with E-state index in [2.05, 4.69) is 5.32 Å². The number of rotatable bonds is 7. The number of nitrogens with one attached hydrogen (secondary N) is 1. The number of amides is 1. The van der Waals surface area contributed by atoms with E-state index < -0.39 is 0 Å². The molecule has 1 fully saturated rings. The van der Waals surface area contributed by atoms with E-state index in [1.54, 1.807) is 26.4 Å². The molecule has 0 bridgehead atoms. The molecule has 2 aromatic carbocycles. The molecule has 3 rings (SSSR count). The Morgan fingerprint density at radius 3 is 2.35 bits per heavy atom. The summed E-state index contributed by atoms with van der Waals surface area (Å²) in [6.45, 7) is 0. The SMILES string of the molecule is COc1ccc(CCC(=O)NC2(c3ccc(F)cc3)CCC2)cc1OC. The first-order chi connectivity index (χ1) is 12.6. The van der Waals surface area contributed by atoms with Crippen LogP contribution in [-0.4, -0.2) is 20.1 Å². The molecule has 138 valence electrons. The van der Waals surface area contributed by atoms with Gasteiger partial charge < -0.3 is 14.8 Å². The third-order valence-corrected chi connectivity index (χ3v) is 5.07. The normalized spacial score (nSPS) is 15.0. The first-order valence-corrected chi connectivity index (χ1v) is 8.84. The van der Waals surface area contributed by atoms with Crippen molar-refractivity contribution in [3.63, 3.8) is 0 Å². The van der Waals surface area contributed by atoms with Crippen molar-refractivity contribution in [3.05, 3.63) is 59.4 Å².